The fourth-order valence-electron chi connectivity index (χ4n) is 2.63. The van der Waals surface area contributed by atoms with Crippen LogP contribution in [0.15, 0.2) is 0 Å². The lowest BCUT2D eigenvalue weighted by Gasteiger charge is -2.33. The quantitative estimate of drug-likeness (QED) is 0.799. The van der Waals surface area contributed by atoms with Crippen LogP contribution in [-0.2, 0) is 4.74 Å². The Bertz CT molecular complexity index is 468. The zero-order valence-electron chi connectivity index (χ0n) is 11.5. The molecule has 2 heterocycles. The highest BCUT2D eigenvalue weighted by Gasteiger charge is 2.29. The van der Waals surface area contributed by atoms with E-state index in [0.717, 1.165) is 43.1 Å². The van der Waals surface area contributed by atoms with E-state index >= 15 is 0 Å². The molecule has 1 aromatic heterocycles. The van der Waals surface area contributed by atoms with Gasteiger partial charge in [0.25, 0.3) is 0 Å². The van der Waals surface area contributed by atoms with Gasteiger partial charge in [-0.1, -0.05) is 11.6 Å². The van der Waals surface area contributed by atoms with Crippen molar-refractivity contribution < 1.29 is 4.74 Å². The lowest BCUT2D eigenvalue weighted by atomic mass is 10.1. The highest BCUT2D eigenvalue weighted by molar-refractivity contribution is 6.30. The van der Waals surface area contributed by atoms with Crippen LogP contribution in [0.25, 0.3) is 0 Å². The van der Waals surface area contributed by atoms with Gasteiger partial charge in [0.2, 0.25) is 0 Å². The van der Waals surface area contributed by atoms with E-state index in [0.29, 0.717) is 17.2 Å². The molecule has 1 aromatic rings. The van der Waals surface area contributed by atoms with Crippen LogP contribution in [0.5, 0.6) is 0 Å². The fraction of sp³-hybridized carbons (Fsp3) is 0.714. The minimum atomic E-state index is 0.386. The number of methoxy groups -OCH3 is 1. The Labute approximate surface area is 119 Å². The predicted octanol–water partition coefficient (Wildman–Crippen LogP) is 2.93. The van der Waals surface area contributed by atoms with Gasteiger partial charge in [-0.05, 0) is 32.6 Å². The summed E-state index contributed by atoms with van der Waals surface area (Å²) in [4.78, 5) is 11.5. The van der Waals surface area contributed by atoms with Crippen molar-refractivity contribution in [3.05, 3.63) is 16.5 Å². The molecule has 0 spiro atoms. The normalized spacial score (nSPS) is 20.9. The lowest BCUT2D eigenvalue weighted by molar-refractivity contribution is 0.0817. The second-order valence-corrected chi connectivity index (χ2v) is 5.88. The van der Waals surface area contributed by atoms with Gasteiger partial charge in [-0.2, -0.15) is 0 Å². The molecular weight excluding hydrogens is 262 g/mol. The Morgan fingerprint density at radius 2 is 1.84 bits per heavy atom. The first kappa shape index (κ1) is 13.1. The van der Waals surface area contributed by atoms with Crippen LogP contribution >= 0.6 is 11.6 Å². The molecule has 3 rings (SSSR count). The van der Waals surface area contributed by atoms with Gasteiger partial charge in [-0.3, -0.25) is 0 Å². The lowest BCUT2D eigenvalue weighted by Crippen LogP contribution is -2.37. The first-order valence-electron chi connectivity index (χ1n) is 7.01. The summed E-state index contributed by atoms with van der Waals surface area (Å²) in [5.41, 5.74) is 1.00. The molecule has 2 fully saturated rings. The average Bonchev–Trinajstić information content (AvgIpc) is 3.26. The Hall–Kier alpha value is -0.870. The molecule has 1 aliphatic heterocycles. The van der Waals surface area contributed by atoms with Crippen molar-refractivity contribution in [2.45, 2.75) is 44.6 Å². The largest absolute Gasteiger partial charge is 0.381 e. The topological polar surface area (TPSA) is 38.2 Å². The zero-order chi connectivity index (χ0) is 13.4. The summed E-state index contributed by atoms with van der Waals surface area (Å²) in [5.74, 6) is 2.49. The van der Waals surface area contributed by atoms with E-state index in [-0.39, 0.29) is 0 Å². The van der Waals surface area contributed by atoms with Gasteiger partial charge in [-0.25, -0.2) is 9.97 Å². The number of aromatic nitrogens is 2. The summed E-state index contributed by atoms with van der Waals surface area (Å²) in [5, 5.41) is 0.612. The van der Waals surface area contributed by atoms with Crippen molar-refractivity contribution in [3.8, 4) is 0 Å². The molecule has 0 bridgehead atoms. The van der Waals surface area contributed by atoms with Crippen molar-refractivity contribution >= 4 is 17.4 Å². The van der Waals surface area contributed by atoms with Crippen molar-refractivity contribution in [3.63, 3.8) is 0 Å². The van der Waals surface area contributed by atoms with Crippen LogP contribution < -0.4 is 4.90 Å². The van der Waals surface area contributed by atoms with E-state index in [2.05, 4.69) is 9.88 Å². The van der Waals surface area contributed by atoms with Gasteiger partial charge >= 0.3 is 0 Å². The molecule has 0 amide bonds. The number of anilines is 1. The SMILES string of the molecule is COC1CCN(c2nc(C3CC3)nc(Cl)c2C)CC1. The minimum absolute atomic E-state index is 0.386. The summed E-state index contributed by atoms with van der Waals surface area (Å²) in [6.45, 7) is 3.98. The zero-order valence-corrected chi connectivity index (χ0v) is 12.3. The molecule has 4 nitrogen and oxygen atoms in total. The van der Waals surface area contributed by atoms with Crippen molar-refractivity contribution in [1.82, 2.24) is 9.97 Å². The van der Waals surface area contributed by atoms with Crippen LogP contribution in [0.4, 0.5) is 5.82 Å². The monoisotopic (exact) mass is 281 g/mol. The molecule has 104 valence electrons. The summed E-state index contributed by atoms with van der Waals surface area (Å²) >= 11 is 6.26. The smallest absolute Gasteiger partial charge is 0.137 e. The highest BCUT2D eigenvalue weighted by Crippen LogP contribution is 2.40. The van der Waals surface area contributed by atoms with E-state index in [1.54, 1.807) is 7.11 Å². The maximum atomic E-state index is 6.26. The van der Waals surface area contributed by atoms with Crippen molar-refractivity contribution in [2.75, 3.05) is 25.1 Å². The minimum Gasteiger partial charge on any atom is -0.381 e. The average molecular weight is 282 g/mol. The summed E-state index contributed by atoms with van der Waals surface area (Å²) in [7, 11) is 1.79. The number of hydrogen-bond acceptors (Lipinski definition) is 4. The molecular formula is C14H20ClN3O. The summed E-state index contributed by atoms with van der Waals surface area (Å²) < 4.78 is 5.42. The number of ether oxygens (including phenoxy) is 1. The van der Waals surface area contributed by atoms with Crippen molar-refractivity contribution in [2.24, 2.45) is 0 Å². The molecule has 1 saturated carbocycles. The van der Waals surface area contributed by atoms with Gasteiger partial charge in [-0.15, -0.1) is 0 Å². The van der Waals surface area contributed by atoms with Crippen LogP contribution in [0, 0.1) is 6.92 Å². The molecule has 1 aliphatic carbocycles. The van der Waals surface area contributed by atoms with Gasteiger partial charge < -0.3 is 9.64 Å². The van der Waals surface area contributed by atoms with Crippen LogP contribution in [0.1, 0.15) is 43.0 Å². The maximum Gasteiger partial charge on any atom is 0.137 e. The number of nitrogens with zero attached hydrogens (tertiary/aromatic N) is 3. The molecule has 0 aromatic carbocycles. The van der Waals surface area contributed by atoms with Gasteiger partial charge in [0.1, 0.15) is 16.8 Å². The van der Waals surface area contributed by atoms with Gasteiger partial charge in [0, 0.05) is 31.7 Å². The standard InChI is InChI=1S/C14H20ClN3O/c1-9-12(15)16-13(10-3-4-10)17-14(9)18-7-5-11(19-2)6-8-18/h10-11H,3-8H2,1-2H3. The van der Waals surface area contributed by atoms with Crippen LogP contribution in [0.3, 0.4) is 0 Å². The summed E-state index contributed by atoms with van der Waals surface area (Å²) in [6.07, 6.45) is 4.89. The highest BCUT2D eigenvalue weighted by atomic mass is 35.5. The van der Waals surface area contributed by atoms with Gasteiger partial charge in [0.05, 0.1) is 6.10 Å². The fourth-order valence-corrected chi connectivity index (χ4v) is 2.80. The molecule has 0 unspecified atom stereocenters. The molecule has 0 atom stereocenters. The van der Waals surface area contributed by atoms with Gasteiger partial charge in [0.15, 0.2) is 0 Å². The van der Waals surface area contributed by atoms with E-state index in [4.69, 9.17) is 21.3 Å². The molecule has 0 radical (unpaired) electrons. The Morgan fingerprint density at radius 3 is 2.42 bits per heavy atom. The number of piperidine rings is 1. The third-order valence-electron chi connectivity index (χ3n) is 4.10. The second kappa shape index (κ2) is 5.25. The van der Waals surface area contributed by atoms with Crippen LogP contribution in [-0.4, -0.2) is 36.3 Å². The third-order valence-corrected chi connectivity index (χ3v) is 4.46. The first-order valence-corrected chi connectivity index (χ1v) is 7.38. The predicted molar refractivity (Wildman–Crippen MR) is 76.0 cm³/mol. The molecule has 5 heteroatoms. The second-order valence-electron chi connectivity index (χ2n) is 5.52. The molecule has 19 heavy (non-hydrogen) atoms. The van der Waals surface area contributed by atoms with E-state index in [1.807, 2.05) is 6.92 Å². The van der Waals surface area contributed by atoms with Crippen LogP contribution in [0.2, 0.25) is 5.15 Å². The Balaban J connectivity index is 1.83. The van der Waals surface area contributed by atoms with E-state index < -0.39 is 0 Å². The first-order chi connectivity index (χ1) is 9.19. The maximum absolute atomic E-state index is 6.26. The number of rotatable bonds is 3. The summed E-state index contributed by atoms with van der Waals surface area (Å²) in [6, 6.07) is 0. The van der Waals surface area contributed by atoms with Crippen molar-refractivity contribution in [1.29, 1.82) is 0 Å². The molecule has 0 N–H and O–H groups in total. The van der Waals surface area contributed by atoms with E-state index in [9.17, 15) is 0 Å². The number of hydrogen-bond donors (Lipinski definition) is 0. The third kappa shape index (κ3) is 2.70. The molecule has 1 saturated heterocycles. The number of halogens is 1. The Kier molecular flexibility index (Phi) is 3.63. The molecule has 2 aliphatic rings. The van der Waals surface area contributed by atoms with E-state index in [1.165, 1.54) is 12.8 Å². The Morgan fingerprint density at radius 1 is 1.16 bits per heavy atom.